The lowest BCUT2D eigenvalue weighted by molar-refractivity contribution is 0.101. The Morgan fingerprint density at radius 1 is 0.897 bits per heavy atom. The van der Waals surface area contributed by atoms with E-state index in [9.17, 15) is 9.59 Å². The molecule has 1 heterocycles. The molecule has 3 rings (SSSR count). The molecule has 0 saturated carbocycles. The van der Waals surface area contributed by atoms with Gasteiger partial charge in [-0.3, -0.25) is 4.79 Å². The molecule has 0 bridgehead atoms. The van der Waals surface area contributed by atoms with Crippen molar-refractivity contribution in [1.82, 2.24) is 4.90 Å². The van der Waals surface area contributed by atoms with Crippen LogP contribution in [0.2, 0.25) is 0 Å². The molecule has 0 unspecified atom stereocenters. The summed E-state index contributed by atoms with van der Waals surface area (Å²) < 4.78 is 0. The monoisotopic (exact) mass is 394 g/mol. The number of urea groups is 1. The van der Waals surface area contributed by atoms with Gasteiger partial charge in [-0.2, -0.15) is 0 Å². The van der Waals surface area contributed by atoms with Gasteiger partial charge in [0.1, 0.15) is 0 Å². The number of Topliss-reactive ketones (excluding diaryl/α,β-unsaturated/α-hetero) is 1. The minimum absolute atomic E-state index is 0.0628. The number of hydrogen-bond acceptors (Lipinski definition) is 4. The highest BCUT2D eigenvalue weighted by atomic mass is 16.2. The van der Waals surface area contributed by atoms with Crippen LogP contribution in [0.5, 0.6) is 0 Å². The fourth-order valence-electron chi connectivity index (χ4n) is 3.62. The van der Waals surface area contributed by atoms with E-state index < -0.39 is 0 Å². The average Bonchev–Trinajstić information content (AvgIpc) is 2.76. The van der Waals surface area contributed by atoms with E-state index in [2.05, 4.69) is 29.0 Å². The van der Waals surface area contributed by atoms with Gasteiger partial charge in [0, 0.05) is 61.9 Å². The number of rotatable bonds is 6. The molecule has 1 N–H and O–H groups in total. The van der Waals surface area contributed by atoms with Crippen LogP contribution in [-0.4, -0.2) is 56.0 Å². The van der Waals surface area contributed by atoms with Crippen LogP contribution in [-0.2, 0) is 0 Å². The minimum Gasteiger partial charge on any atom is -0.372 e. The number of nitrogens with one attached hydrogen (secondary N) is 1. The molecule has 2 aromatic rings. The summed E-state index contributed by atoms with van der Waals surface area (Å²) in [4.78, 5) is 30.4. The maximum absolute atomic E-state index is 12.6. The van der Waals surface area contributed by atoms with E-state index in [1.165, 1.54) is 0 Å². The van der Waals surface area contributed by atoms with Crippen molar-refractivity contribution in [2.24, 2.45) is 0 Å². The van der Waals surface area contributed by atoms with Gasteiger partial charge in [-0.1, -0.05) is 0 Å². The van der Waals surface area contributed by atoms with Crippen molar-refractivity contribution in [2.75, 3.05) is 54.4 Å². The molecule has 2 aromatic carbocycles. The molecular formula is C23H30N4O2. The first kappa shape index (κ1) is 20.7. The first-order chi connectivity index (χ1) is 14.0. The molecule has 0 atom stereocenters. The summed E-state index contributed by atoms with van der Waals surface area (Å²) in [5, 5.41) is 3.00. The van der Waals surface area contributed by atoms with E-state index in [1.807, 2.05) is 53.4 Å². The van der Waals surface area contributed by atoms with Crippen LogP contribution in [0.3, 0.4) is 0 Å². The van der Waals surface area contributed by atoms with Crippen molar-refractivity contribution in [2.45, 2.75) is 20.8 Å². The Labute approximate surface area is 173 Å². The Bertz CT molecular complexity index is 821. The second-order valence-electron chi connectivity index (χ2n) is 7.23. The zero-order valence-electron chi connectivity index (χ0n) is 17.5. The van der Waals surface area contributed by atoms with Gasteiger partial charge in [-0.05, 0) is 69.3 Å². The number of piperazine rings is 1. The first-order valence-corrected chi connectivity index (χ1v) is 10.3. The highest BCUT2D eigenvalue weighted by molar-refractivity contribution is 5.94. The Hall–Kier alpha value is -3.02. The summed E-state index contributed by atoms with van der Waals surface area (Å²) in [6, 6.07) is 15.6. The molecule has 1 saturated heterocycles. The number of amides is 2. The molecule has 2 amide bonds. The highest BCUT2D eigenvalue weighted by Crippen LogP contribution is 2.20. The van der Waals surface area contributed by atoms with Crippen LogP contribution >= 0.6 is 0 Å². The molecule has 0 spiro atoms. The SMILES string of the molecule is CCN(CC)c1ccc(NC(=O)N2CCN(c3ccc(C(C)=O)cc3)CC2)cc1. The van der Waals surface area contributed by atoms with Crippen molar-refractivity contribution in [3.05, 3.63) is 54.1 Å². The van der Waals surface area contributed by atoms with Crippen molar-refractivity contribution in [1.29, 1.82) is 0 Å². The zero-order chi connectivity index (χ0) is 20.8. The number of nitrogens with zero attached hydrogens (tertiary/aromatic N) is 3. The first-order valence-electron chi connectivity index (χ1n) is 10.3. The van der Waals surface area contributed by atoms with Gasteiger partial charge < -0.3 is 20.0 Å². The lowest BCUT2D eigenvalue weighted by Crippen LogP contribution is -2.50. The third-order valence-electron chi connectivity index (χ3n) is 5.45. The maximum Gasteiger partial charge on any atom is 0.321 e. The molecule has 6 heteroatoms. The predicted molar refractivity (Wildman–Crippen MR) is 119 cm³/mol. The van der Waals surface area contributed by atoms with E-state index in [0.29, 0.717) is 13.1 Å². The Balaban J connectivity index is 1.52. The predicted octanol–water partition coefficient (Wildman–Crippen LogP) is 4.09. The fourth-order valence-corrected chi connectivity index (χ4v) is 3.62. The molecular weight excluding hydrogens is 364 g/mol. The number of carbonyl (C=O) groups is 2. The molecule has 1 aliphatic rings. The maximum atomic E-state index is 12.6. The third kappa shape index (κ3) is 5.08. The summed E-state index contributed by atoms with van der Waals surface area (Å²) in [6.07, 6.45) is 0. The number of ketones is 1. The molecule has 0 radical (unpaired) electrons. The quantitative estimate of drug-likeness (QED) is 0.750. The van der Waals surface area contributed by atoms with Crippen molar-refractivity contribution in [3.8, 4) is 0 Å². The van der Waals surface area contributed by atoms with Crippen LogP contribution in [0.15, 0.2) is 48.5 Å². The van der Waals surface area contributed by atoms with Crippen LogP contribution in [0.25, 0.3) is 0 Å². The van der Waals surface area contributed by atoms with Crippen molar-refractivity contribution < 1.29 is 9.59 Å². The summed E-state index contributed by atoms with van der Waals surface area (Å²) in [6.45, 7) is 10.6. The fraction of sp³-hybridized carbons (Fsp3) is 0.391. The van der Waals surface area contributed by atoms with Gasteiger partial charge in [0.2, 0.25) is 0 Å². The Kier molecular flexibility index (Phi) is 6.75. The van der Waals surface area contributed by atoms with Crippen molar-refractivity contribution >= 4 is 28.9 Å². The van der Waals surface area contributed by atoms with Crippen LogP contribution in [0, 0.1) is 0 Å². The van der Waals surface area contributed by atoms with Gasteiger partial charge in [0.05, 0.1) is 0 Å². The molecule has 0 aromatic heterocycles. The van der Waals surface area contributed by atoms with Crippen LogP contribution in [0.4, 0.5) is 21.9 Å². The summed E-state index contributed by atoms with van der Waals surface area (Å²) in [7, 11) is 0. The van der Waals surface area contributed by atoms with Crippen molar-refractivity contribution in [3.63, 3.8) is 0 Å². The van der Waals surface area contributed by atoms with Gasteiger partial charge >= 0.3 is 6.03 Å². The van der Waals surface area contributed by atoms with Crippen LogP contribution in [0.1, 0.15) is 31.1 Å². The summed E-state index contributed by atoms with van der Waals surface area (Å²) in [5.41, 5.74) is 3.78. The van der Waals surface area contributed by atoms with Gasteiger partial charge in [0.25, 0.3) is 0 Å². The lowest BCUT2D eigenvalue weighted by Gasteiger charge is -2.36. The number of hydrogen-bond donors (Lipinski definition) is 1. The van der Waals surface area contributed by atoms with Crippen LogP contribution < -0.4 is 15.1 Å². The second kappa shape index (κ2) is 9.45. The molecule has 0 aliphatic carbocycles. The largest absolute Gasteiger partial charge is 0.372 e. The molecule has 154 valence electrons. The zero-order valence-corrected chi connectivity index (χ0v) is 17.5. The third-order valence-corrected chi connectivity index (χ3v) is 5.45. The smallest absolute Gasteiger partial charge is 0.321 e. The van der Waals surface area contributed by atoms with E-state index in [0.717, 1.165) is 48.8 Å². The number of anilines is 3. The summed E-state index contributed by atoms with van der Waals surface area (Å²) in [5.74, 6) is 0.0724. The normalized spacial score (nSPS) is 13.9. The van der Waals surface area contributed by atoms with Gasteiger partial charge in [-0.15, -0.1) is 0 Å². The Morgan fingerprint density at radius 3 is 2.00 bits per heavy atom. The molecule has 29 heavy (non-hydrogen) atoms. The molecule has 1 fully saturated rings. The van der Waals surface area contributed by atoms with E-state index in [4.69, 9.17) is 0 Å². The minimum atomic E-state index is -0.0628. The standard InChI is InChI=1S/C23H30N4O2/c1-4-25(5-2)21-12-8-20(9-13-21)24-23(29)27-16-14-26(15-17-27)22-10-6-19(7-11-22)18(3)28/h6-13H,4-5,14-17H2,1-3H3,(H,24,29). The summed E-state index contributed by atoms with van der Waals surface area (Å²) >= 11 is 0. The van der Waals surface area contributed by atoms with E-state index in [1.54, 1.807) is 6.92 Å². The second-order valence-corrected chi connectivity index (χ2v) is 7.23. The highest BCUT2D eigenvalue weighted by Gasteiger charge is 2.21. The number of benzene rings is 2. The molecule has 1 aliphatic heterocycles. The Morgan fingerprint density at radius 2 is 1.48 bits per heavy atom. The van der Waals surface area contributed by atoms with E-state index >= 15 is 0 Å². The topological polar surface area (TPSA) is 55.9 Å². The van der Waals surface area contributed by atoms with E-state index in [-0.39, 0.29) is 11.8 Å². The molecule has 6 nitrogen and oxygen atoms in total. The number of carbonyl (C=O) groups excluding carboxylic acids is 2. The average molecular weight is 395 g/mol. The lowest BCUT2D eigenvalue weighted by atomic mass is 10.1. The van der Waals surface area contributed by atoms with Gasteiger partial charge in [0.15, 0.2) is 5.78 Å². The van der Waals surface area contributed by atoms with Gasteiger partial charge in [-0.25, -0.2) is 4.79 Å².